The molecule has 1 saturated heterocycles. The number of ether oxygens (including phenoxy) is 1. The van der Waals surface area contributed by atoms with Crippen molar-refractivity contribution in [2.45, 2.75) is 12.8 Å². The molecule has 0 spiro atoms. The fourth-order valence-electron chi connectivity index (χ4n) is 3.19. The van der Waals surface area contributed by atoms with Crippen molar-refractivity contribution in [2.24, 2.45) is 0 Å². The monoisotopic (exact) mass is 402 g/mol. The number of benzene rings is 2. The van der Waals surface area contributed by atoms with Gasteiger partial charge < -0.3 is 14.5 Å². The second-order valence-electron chi connectivity index (χ2n) is 6.13. The summed E-state index contributed by atoms with van der Waals surface area (Å²) in [6.07, 6.45) is 1.32. The molecule has 5 heteroatoms. The van der Waals surface area contributed by atoms with Crippen LogP contribution < -0.4 is 9.64 Å². The number of halogens is 1. The molecule has 1 aliphatic rings. The lowest BCUT2D eigenvalue weighted by molar-refractivity contribution is -0.131. The smallest absolute Gasteiger partial charge is 0.223 e. The van der Waals surface area contributed by atoms with Gasteiger partial charge in [0.15, 0.2) is 0 Å². The largest absolute Gasteiger partial charge is 0.495 e. The lowest BCUT2D eigenvalue weighted by atomic mass is 10.1. The Morgan fingerprint density at radius 2 is 1.72 bits per heavy atom. The third kappa shape index (κ3) is 4.34. The number of hydrogen-bond acceptors (Lipinski definition) is 3. The lowest BCUT2D eigenvalue weighted by Crippen LogP contribution is -2.48. The summed E-state index contributed by atoms with van der Waals surface area (Å²) in [7, 11) is 1.69. The van der Waals surface area contributed by atoms with Gasteiger partial charge in [-0.2, -0.15) is 0 Å². The second kappa shape index (κ2) is 8.39. The Balaban J connectivity index is 1.53. The highest BCUT2D eigenvalue weighted by Gasteiger charge is 2.22. The molecule has 0 aromatic heterocycles. The zero-order chi connectivity index (χ0) is 17.6. The minimum absolute atomic E-state index is 0.232. The van der Waals surface area contributed by atoms with E-state index in [1.54, 1.807) is 7.11 Å². The molecule has 25 heavy (non-hydrogen) atoms. The Kier molecular flexibility index (Phi) is 5.97. The van der Waals surface area contributed by atoms with Crippen LogP contribution in [0.4, 0.5) is 5.69 Å². The van der Waals surface area contributed by atoms with E-state index in [9.17, 15) is 4.79 Å². The van der Waals surface area contributed by atoms with E-state index in [2.05, 4.69) is 33.0 Å². The minimum Gasteiger partial charge on any atom is -0.495 e. The van der Waals surface area contributed by atoms with Crippen LogP contribution in [-0.2, 0) is 11.2 Å². The van der Waals surface area contributed by atoms with Crippen LogP contribution in [0.2, 0.25) is 0 Å². The van der Waals surface area contributed by atoms with Gasteiger partial charge in [-0.05, 0) is 30.2 Å². The average Bonchev–Trinajstić information content (AvgIpc) is 2.67. The van der Waals surface area contributed by atoms with E-state index in [-0.39, 0.29) is 5.91 Å². The number of para-hydroxylation sites is 2. The number of methoxy groups -OCH3 is 1. The van der Waals surface area contributed by atoms with E-state index in [0.29, 0.717) is 6.42 Å². The predicted octanol–water partition coefficient (Wildman–Crippen LogP) is 3.74. The summed E-state index contributed by atoms with van der Waals surface area (Å²) >= 11 is 3.55. The van der Waals surface area contributed by atoms with E-state index in [4.69, 9.17) is 4.74 Å². The van der Waals surface area contributed by atoms with E-state index in [0.717, 1.165) is 48.5 Å². The highest BCUT2D eigenvalue weighted by Crippen LogP contribution is 2.28. The van der Waals surface area contributed by atoms with Crippen LogP contribution in [0.15, 0.2) is 53.0 Å². The summed E-state index contributed by atoms with van der Waals surface area (Å²) < 4.78 is 6.52. The normalized spacial score (nSPS) is 14.5. The quantitative estimate of drug-likeness (QED) is 0.763. The Morgan fingerprint density at radius 3 is 2.44 bits per heavy atom. The topological polar surface area (TPSA) is 32.8 Å². The number of rotatable bonds is 5. The van der Waals surface area contributed by atoms with E-state index >= 15 is 0 Å². The van der Waals surface area contributed by atoms with Crippen LogP contribution in [-0.4, -0.2) is 44.1 Å². The maximum absolute atomic E-state index is 12.5. The molecule has 0 unspecified atom stereocenters. The van der Waals surface area contributed by atoms with Crippen LogP contribution >= 0.6 is 15.9 Å². The fourth-order valence-corrected chi connectivity index (χ4v) is 3.67. The SMILES string of the molecule is COc1ccccc1N1CCN(C(=O)CCc2ccccc2Br)CC1. The molecule has 0 saturated carbocycles. The van der Waals surface area contributed by atoms with Crippen molar-refractivity contribution in [3.63, 3.8) is 0 Å². The van der Waals surface area contributed by atoms with E-state index < -0.39 is 0 Å². The number of nitrogens with zero attached hydrogens (tertiary/aromatic N) is 2. The highest BCUT2D eigenvalue weighted by molar-refractivity contribution is 9.10. The van der Waals surface area contributed by atoms with Gasteiger partial charge in [-0.15, -0.1) is 0 Å². The van der Waals surface area contributed by atoms with Gasteiger partial charge in [0.05, 0.1) is 12.8 Å². The van der Waals surface area contributed by atoms with Gasteiger partial charge in [-0.3, -0.25) is 4.79 Å². The first-order chi connectivity index (χ1) is 12.2. The highest BCUT2D eigenvalue weighted by atomic mass is 79.9. The summed E-state index contributed by atoms with van der Waals surface area (Å²) in [5, 5.41) is 0. The number of hydrogen-bond donors (Lipinski definition) is 0. The maximum Gasteiger partial charge on any atom is 0.223 e. The van der Waals surface area contributed by atoms with Crippen LogP contribution in [0.1, 0.15) is 12.0 Å². The molecule has 4 nitrogen and oxygen atoms in total. The van der Waals surface area contributed by atoms with Crippen LogP contribution in [0, 0.1) is 0 Å². The molecule has 2 aromatic rings. The third-order valence-corrected chi connectivity index (χ3v) is 5.40. The summed E-state index contributed by atoms with van der Waals surface area (Å²) in [6, 6.07) is 16.1. The van der Waals surface area contributed by atoms with Gasteiger partial charge in [0.2, 0.25) is 5.91 Å². The molecular weight excluding hydrogens is 380 g/mol. The van der Waals surface area contributed by atoms with Crippen LogP contribution in [0.25, 0.3) is 0 Å². The maximum atomic E-state index is 12.5. The summed E-state index contributed by atoms with van der Waals surface area (Å²) in [5.41, 5.74) is 2.29. The standard InChI is InChI=1S/C20H23BrN2O2/c1-25-19-9-5-4-8-18(19)22-12-14-23(15-13-22)20(24)11-10-16-6-2-3-7-17(16)21/h2-9H,10-15H2,1H3. The van der Waals surface area contributed by atoms with Crippen molar-refractivity contribution in [3.05, 3.63) is 58.6 Å². The summed E-state index contributed by atoms with van der Waals surface area (Å²) in [6.45, 7) is 3.18. The first-order valence-corrected chi connectivity index (χ1v) is 9.37. The summed E-state index contributed by atoms with van der Waals surface area (Å²) in [4.78, 5) is 16.8. The second-order valence-corrected chi connectivity index (χ2v) is 6.99. The Morgan fingerprint density at radius 1 is 1.04 bits per heavy atom. The number of piperazine rings is 1. The molecule has 1 heterocycles. The lowest BCUT2D eigenvalue weighted by Gasteiger charge is -2.36. The molecule has 0 atom stereocenters. The minimum atomic E-state index is 0.232. The Bertz CT molecular complexity index is 727. The van der Waals surface area contributed by atoms with Gasteiger partial charge in [0.1, 0.15) is 5.75 Å². The van der Waals surface area contributed by atoms with E-state index in [1.807, 2.05) is 41.3 Å². The third-order valence-electron chi connectivity index (χ3n) is 4.62. The Hall–Kier alpha value is -2.01. The molecule has 1 amide bonds. The van der Waals surface area contributed by atoms with Gasteiger partial charge in [-0.1, -0.05) is 46.3 Å². The van der Waals surface area contributed by atoms with E-state index in [1.165, 1.54) is 5.56 Å². The zero-order valence-electron chi connectivity index (χ0n) is 14.5. The number of anilines is 1. The van der Waals surface area contributed by atoms with Crippen LogP contribution in [0.5, 0.6) is 5.75 Å². The van der Waals surface area contributed by atoms with Gasteiger partial charge in [0.25, 0.3) is 0 Å². The number of carbonyl (C=O) groups is 1. The number of carbonyl (C=O) groups excluding carboxylic acids is 1. The molecule has 3 rings (SSSR count). The molecule has 0 radical (unpaired) electrons. The van der Waals surface area contributed by atoms with Crippen molar-refractivity contribution >= 4 is 27.5 Å². The van der Waals surface area contributed by atoms with Gasteiger partial charge in [0, 0.05) is 37.1 Å². The molecule has 2 aromatic carbocycles. The molecule has 132 valence electrons. The molecule has 0 N–H and O–H groups in total. The molecule has 1 aliphatic heterocycles. The fraction of sp³-hybridized carbons (Fsp3) is 0.350. The Labute approximate surface area is 157 Å². The number of amides is 1. The molecule has 0 bridgehead atoms. The van der Waals surface area contributed by atoms with Crippen molar-refractivity contribution < 1.29 is 9.53 Å². The first-order valence-electron chi connectivity index (χ1n) is 8.58. The number of aryl methyl sites for hydroxylation is 1. The van der Waals surface area contributed by atoms with Gasteiger partial charge in [-0.25, -0.2) is 0 Å². The van der Waals surface area contributed by atoms with Crippen molar-refractivity contribution in [3.8, 4) is 5.75 Å². The van der Waals surface area contributed by atoms with Crippen LogP contribution in [0.3, 0.4) is 0 Å². The summed E-state index contributed by atoms with van der Waals surface area (Å²) in [5.74, 6) is 1.12. The molecule has 1 fully saturated rings. The van der Waals surface area contributed by atoms with Gasteiger partial charge >= 0.3 is 0 Å². The molecule has 0 aliphatic carbocycles. The molecular formula is C20H23BrN2O2. The predicted molar refractivity (Wildman–Crippen MR) is 104 cm³/mol. The van der Waals surface area contributed by atoms with Crippen molar-refractivity contribution in [1.82, 2.24) is 4.90 Å². The zero-order valence-corrected chi connectivity index (χ0v) is 16.0. The van der Waals surface area contributed by atoms with Crippen molar-refractivity contribution in [1.29, 1.82) is 0 Å². The average molecular weight is 403 g/mol. The van der Waals surface area contributed by atoms with Crippen molar-refractivity contribution in [2.75, 3.05) is 38.2 Å². The first kappa shape index (κ1) is 17.8.